The fourth-order valence-corrected chi connectivity index (χ4v) is 3.76. The summed E-state index contributed by atoms with van der Waals surface area (Å²) in [6, 6.07) is 26.8. The van der Waals surface area contributed by atoms with E-state index in [9.17, 15) is 0 Å². The highest BCUT2D eigenvalue weighted by molar-refractivity contribution is 7.80. The van der Waals surface area contributed by atoms with Crippen molar-refractivity contribution in [1.82, 2.24) is 9.69 Å². The SMILES string of the molecule is S=C(Nc1ccc2sncc2c1)NC(c1ccccc1)c1ccccc1. The van der Waals surface area contributed by atoms with Gasteiger partial charge in [-0.2, -0.15) is 4.37 Å². The lowest BCUT2D eigenvalue weighted by Crippen LogP contribution is -2.32. The summed E-state index contributed by atoms with van der Waals surface area (Å²) in [7, 11) is 0. The summed E-state index contributed by atoms with van der Waals surface area (Å²) < 4.78 is 5.38. The molecule has 0 fully saturated rings. The van der Waals surface area contributed by atoms with E-state index in [0.29, 0.717) is 5.11 Å². The molecule has 3 aromatic carbocycles. The van der Waals surface area contributed by atoms with Gasteiger partial charge in [-0.1, -0.05) is 60.7 Å². The zero-order valence-electron chi connectivity index (χ0n) is 13.9. The van der Waals surface area contributed by atoms with Crippen molar-refractivity contribution in [2.75, 3.05) is 5.32 Å². The molecule has 4 aromatic rings. The predicted molar refractivity (Wildman–Crippen MR) is 114 cm³/mol. The zero-order chi connectivity index (χ0) is 17.8. The van der Waals surface area contributed by atoms with E-state index in [2.05, 4.69) is 51.4 Å². The molecule has 0 amide bonds. The molecule has 0 aliphatic rings. The van der Waals surface area contributed by atoms with Crippen LogP contribution in [-0.2, 0) is 0 Å². The van der Waals surface area contributed by atoms with Crippen molar-refractivity contribution >= 4 is 44.6 Å². The van der Waals surface area contributed by atoms with Crippen LogP contribution in [0.1, 0.15) is 17.2 Å². The highest BCUT2D eigenvalue weighted by atomic mass is 32.1. The Labute approximate surface area is 161 Å². The molecule has 1 heterocycles. The standard InChI is InChI=1S/C21H17N3S2/c25-21(23-18-11-12-19-17(13-18)14-22-26-19)24-20(15-7-3-1-4-8-15)16-9-5-2-6-10-16/h1-14,20H,(H2,23,24,25). The molecule has 5 heteroatoms. The molecule has 3 nitrogen and oxygen atoms in total. The number of fused-ring (bicyclic) bond motifs is 1. The summed E-state index contributed by atoms with van der Waals surface area (Å²) in [6.45, 7) is 0. The lowest BCUT2D eigenvalue weighted by molar-refractivity contribution is 0.769. The van der Waals surface area contributed by atoms with E-state index in [-0.39, 0.29) is 6.04 Å². The number of hydrogen-bond acceptors (Lipinski definition) is 3. The number of thiocarbonyl (C=S) groups is 1. The zero-order valence-corrected chi connectivity index (χ0v) is 15.6. The fraction of sp³-hybridized carbons (Fsp3) is 0.0476. The second-order valence-corrected chi connectivity index (χ2v) is 7.17. The van der Waals surface area contributed by atoms with Crippen molar-refractivity contribution in [3.05, 3.63) is 96.2 Å². The van der Waals surface area contributed by atoms with Gasteiger partial charge in [-0.3, -0.25) is 0 Å². The van der Waals surface area contributed by atoms with Crippen molar-refractivity contribution < 1.29 is 0 Å². The summed E-state index contributed by atoms with van der Waals surface area (Å²) in [6.07, 6.45) is 1.87. The first kappa shape index (κ1) is 16.7. The van der Waals surface area contributed by atoms with Gasteiger partial charge in [-0.15, -0.1) is 0 Å². The van der Waals surface area contributed by atoms with Crippen molar-refractivity contribution in [1.29, 1.82) is 0 Å². The Kier molecular flexibility index (Phi) is 4.91. The number of nitrogens with zero attached hydrogens (tertiary/aromatic N) is 1. The van der Waals surface area contributed by atoms with Crippen molar-refractivity contribution in [3.8, 4) is 0 Å². The maximum absolute atomic E-state index is 5.58. The van der Waals surface area contributed by atoms with Gasteiger partial charge in [0.05, 0.1) is 10.7 Å². The van der Waals surface area contributed by atoms with E-state index in [0.717, 1.165) is 11.1 Å². The molecule has 0 spiro atoms. The van der Waals surface area contributed by atoms with Crippen LogP contribution < -0.4 is 10.6 Å². The van der Waals surface area contributed by atoms with Crippen molar-refractivity contribution in [3.63, 3.8) is 0 Å². The van der Waals surface area contributed by atoms with Crippen LogP contribution >= 0.6 is 23.8 Å². The molecule has 0 saturated carbocycles. The average molecular weight is 376 g/mol. The minimum absolute atomic E-state index is 0.0102. The van der Waals surface area contributed by atoms with Crippen LogP contribution in [-0.4, -0.2) is 9.49 Å². The molecule has 2 N–H and O–H groups in total. The Balaban J connectivity index is 1.56. The number of benzene rings is 3. The van der Waals surface area contributed by atoms with Gasteiger partial charge in [0.25, 0.3) is 0 Å². The molecule has 128 valence electrons. The highest BCUT2D eigenvalue weighted by Crippen LogP contribution is 2.24. The Hall–Kier alpha value is -2.76. The summed E-state index contributed by atoms with van der Waals surface area (Å²) in [5.41, 5.74) is 3.29. The first-order valence-electron chi connectivity index (χ1n) is 8.31. The predicted octanol–water partition coefficient (Wildman–Crippen LogP) is 5.37. The van der Waals surface area contributed by atoms with Crippen LogP contribution in [0.15, 0.2) is 85.1 Å². The topological polar surface area (TPSA) is 37.0 Å². The molecule has 0 aliphatic heterocycles. The summed E-state index contributed by atoms with van der Waals surface area (Å²) in [5.74, 6) is 0. The van der Waals surface area contributed by atoms with Crippen molar-refractivity contribution in [2.24, 2.45) is 0 Å². The van der Waals surface area contributed by atoms with E-state index in [1.54, 1.807) is 0 Å². The second-order valence-electron chi connectivity index (χ2n) is 5.93. The molecule has 0 radical (unpaired) electrons. The monoisotopic (exact) mass is 375 g/mol. The highest BCUT2D eigenvalue weighted by Gasteiger charge is 2.15. The minimum Gasteiger partial charge on any atom is -0.352 e. The Bertz CT molecular complexity index is 974. The average Bonchev–Trinajstić information content (AvgIpc) is 3.15. The summed E-state index contributed by atoms with van der Waals surface area (Å²) in [4.78, 5) is 0. The third kappa shape index (κ3) is 3.74. The molecule has 0 saturated heterocycles. The first-order valence-corrected chi connectivity index (χ1v) is 9.49. The maximum atomic E-state index is 5.58. The van der Waals surface area contributed by atoms with Gasteiger partial charge in [0, 0.05) is 17.3 Å². The Morgan fingerprint density at radius 2 is 1.54 bits per heavy atom. The van der Waals surface area contributed by atoms with E-state index in [4.69, 9.17) is 12.2 Å². The van der Waals surface area contributed by atoms with Gasteiger partial charge in [0.2, 0.25) is 0 Å². The molecule has 26 heavy (non-hydrogen) atoms. The smallest absolute Gasteiger partial charge is 0.171 e. The number of hydrogen-bond donors (Lipinski definition) is 2. The van der Waals surface area contributed by atoms with E-state index < -0.39 is 0 Å². The molecule has 0 bridgehead atoms. The fourth-order valence-electron chi connectivity index (χ4n) is 2.90. The third-order valence-corrected chi connectivity index (χ3v) is 5.15. The summed E-state index contributed by atoms with van der Waals surface area (Å²) in [5, 5.41) is 8.44. The van der Waals surface area contributed by atoms with Crippen LogP contribution in [0.2, 0.25) is 0 Å². The van der Waals surface area contributed by atoms with Crippen LogP contribution in [0.25, 0.3) is 10.1 Å². The van der Waals surface area contributed by atoms with Gasteiger partial charge in [0.1, 0.15) is 0 Å². The van der Waals surface area contributed by atoms with Gasteiger partial charge in [-0.05, 0) is 53.1 Å². The van der Waals surface area contributed by atoms with Gasteiger partial charge >= 0.3 is 0 Å². The first-order chi connectivity index (χ1) is 12.8. The third-order valence-electron chi connectivity index (χ3n) is 4.15. The number of nitrogens with one attached hydrogen (secondary N) is 2. The number of rotatable bonds is 4. The van der Waals surface area contributed by atoms with Crippen LogP contribution in [0, 0.1) is 0 Å². The lowest BCUT2D eigenvalue weighted by Gasteiger charge is -2.22. The van der Waals surface area contributed by atoms with Gasteiger partial charge < -0.3 is 10.6 Å². The normalized spacial score (nSPS) is 10.8. The largest absolute Gasteiger partial charge is 0.352 e. The van der Waals surface area contributed by atoms with Crippen molar-refractivity contribution in [2.45, 2.75) is 6.04 Å². The van der Waals surface area contributed by atoms with Crippen LogP contribution in [0.5, 0.6) is 0 Å². The summed E-state index contributed by atoms with van der Waals surface area (Å²) >= 11 is 7.07. The maximum Gasteiger partial charge on any atom is 0.171 e. The Morgan fingerprint density at radius 3 is 2.19 bits per heavy atom. The molecular weight excluding hydrogens is 358 g/mol. The number of aromatic nitrogens is 1. The lowest BCUT2D eigenvalue weighted by atomic mass is 9.99. The van der Waals surface area contributed by atoms with Crippen LogP contribution in [0.3, 0.4) is 0 Å². The van der Waals surface area contributed by atoms with Gasteiger partial charge in [-0.25, -0.2) is 0 Å². The Morgan fingerprint density at radius 1 is 0.885 bits per heavy atom. The van der Waals surface area contributed by atoms with E-state index in [1.165, 1.54) is 27.4 Å². The van der Waals surface area contributed by atoms with Crippen LogP contribution in [0.4, 0.5) is 5.69 Å². The van der Waals surface area contributed by atoms with Gasteiger partial charge in [0.15, 0.2) is 5.11 Å². The second kappa shape index (κ2) is 7.64. The molecule has 4 rings (SSSR count). The molecule has 0 aliphatic carbocycles. The number of anilines is 1. The minimum atomic E-state index is -0.0102. The molecule has 0 atom stereocenters. The van der Waals surface area contributed by atoms with E-state index in [1.807, 2.05) is 48.7 Å². The molecule has 0 unspecified atom stereocenters. The van der Waals surface area contributed by atoms with E-state index >= 15 is 0 Å². The quantitative estimate of drug-likeness (QED) is 0.470. The molecule has 1 aromatic heterocycles. The molecular formula is C21H17N3S2.